The molecule has 3 aromatic carbocycles. The lowest BCUT2D eigenvalue weighted by molar-refractivity contribution is 0.0103. The molecule has 0 aliphatic carbocycles. The molecule has 8 heteroatoms. The number of hydrogen-bond acceptors (Lipinski definition) is 6. The van der Waals surface area contributed by atoms with E-state index in [-0.39, 0.29) is 18.8 Å². The summed E-state index contributed by atoms with van der Waals surface area (Å²) in [5.74, 6) is 0.607. The van der Waals surface area contributed by atoms with E-state index in [1.165, 1.54) is 0 Å². The Morgan fingerprint density at radius 2 is 1.78 bits per heavy atom. The number of nitrogens with zero attached hydrogens (tertiary/aromatic N) is 3. The molecule has 1 unspecified atom stereocenters. The van der Waals surface area contributed by atoms with Crippen LogP contribution in [0, 0.1) is 11.3 Å². The third kappa shape index (κ3) is 6.56. The molecule has 0 spiro atoms. The van der Waals surface area contributed by atoms with Crippen LogP contribution in [-0.4, -0.2) is 54.0 Å². The quantitative estimate of drug-likeness (QED) is 0.399. The van der Waals surface area contributed by atoms with Gasteiger partial charge in [-0.1, -0.05) is 47.5 Å². The molecule has 0 bridgehead atoms. The van der Waals surface area contributed by atoms with Crippen molar-refractivity contribution >= 4 is 28.9 Å². The molecule has 1 aliphatic rings. The minimum atomic E-state index is -1.08. The lowest BCUT2D eigenvalue weighted by Gasteiger charge is -2.45. The van der Waals surface area contributed by atoms with Gasteiger partial charge in [0.2, 0.25) is 0 Å². The van der Waals surface area contributed by atoms with Gasteiger partial charge in [-0.15, -0.1) is 0 Å². The number of anilines is 1. The number of β-amino-alcohol motifs (C(OH)–C–C–N with tert-alkyl or cyclic N) is 1. The summed E-state index contributed by atoms with van der Waals surface area (Å²) < 4.78 is 5.72. The maximum absolute atomic E-state index is 11.3. The van der Waals surface area contributed by atoms with Gasteiger partial charge in [-0.3, -0.25) is 4.90 Å². The van der Waals surface area contributed by atoms with E-state index >= 15 is 0 Å². The lowest BCUT2D eigenvalue weighted by atomic mass is 9.93. The third-order valence-electron chi connectivity index (χ3n) is 6.71. The Morgan fingerprint density at radius 1 is 1.08 bits per heavy atom. The van der Waals surface area contributed by atoms with Crippen molar-refractivity contribution in [1.29, 1.82) is 5.26 Å². The minimum absolute atomic E-state index is 0.0246. The number of rotatable bonds is 8. The molecule has 0 radical (unpaired) electrons. The number of aliphatic hydroxyl groups is 2. The van der Waals surface area contributed by atoms with Crippen molar-refractivity contribution in [1.82, 2.24) is 4.90 Å². The van der Waals surface area contributed by atoms with Crippen molar-refractivity contribution in [3.63, 3.8) is 0 Å². The predicted octanol–water partition coefficient (Wildman–Crippen LogP) is 5.40. The Bertz CT molecular complexity index is 1240. The highest BCUT2D eigenvalue weighted by molar-refractivity contribution is 6.33. The van der Waals surface area contributed by atoms with Crippen molar-refractivity contribution < 1.29 is 14.9 Å². The van der Waals surface area contributed by atoms with Crippen LogP contribution in [0.2, 0.25) is 10.0 Å². The molecular formula is C29H31Cl2N3O3. The van der Waals surface area contributed by atoms with Crippen LogP contribution >= 0.6 is 23.2 Å². The van der Waals surface area contributed by atoms with Crippen LogP contribution < -0.4 is 9.64 Å². The molecule has 3 aromatic rings. The van der Waals surface area contributed by atoms with Gasteiger partial charge >= 0.3 is 0 Å². The van der Waals surface area contributed by atoms with E-state index in [9.17, 15) is 10.2 Å². The van der Waals surface area contributed by atoms with Crippen LogP contribution in [-0.2, 0) is 5.60 Å². The third-order valence-corrected chi connectivity index (χ3v) is 7.26. The van der Waals surface area contributed by atoms with E-state index in [0.29, 0.717) is 41.0 Å². The van der Waals surface area contributed by atoms with Crippen molar-refractivity contribution in [2.75, 3.05) is 37.7 Å². The van der Waals surface area contributed by atoms with Crippen molar-refractivity contribution in [3.8, 4) is 11.8 Å². The number of benzene rings is 3. The number of nitriles is 1. The van der Waals surface area contributed by atoms with Crippen molar-refractivity contribution in [2.24, 2.45) is 0 Å². The fraction of sp³-hybridized carbons (Fsp3) is 0.345. The van der Waals surface area contributed by atoms with Gasteiger partial charge in [0.15, 0.2) is 0 Å². The van der Waals surface area contributed by atoms with Gasteiger partial charge in [-0.25, -0.2) is 0 Å². The fourth-order valence-corrected chi connectivity index (χ4v) is 5.14. The summed E-state index contributed by atoms with van der Waals surface area (Å²) in [6, 6.07) is 22.6. The molecule has 6 nitrogen and oxygen atoms in total. The molecule has 1 fully saturated rings. The zero-order valence-corrected chi connectivity index (χ0v) is 22.5. The minimum Gasteiger partial charge on any atom is -0.488 e. The standard InChI is InChI=1S/C29H31Cl2N3O3/c1-20(18-35)37-25-11-12-27(26(31)15-25)34-14-13-33(17-28(34)22-5-9-24(30)10-6-22)19-29(2,36)23-7-3-21(16-32)4-8-23/h3-12,15,20,28,35-36H,13-14,17-19H2,1-2H3/t20?,28-,29+/m0/s1. The molecule has 194 valence electrons. The van der Waals surface area contributed by atoms with Gasteiger partial charge in [-0.05, 0) is 61.4 Å². The van der Waals surface area contributed by atoms with Gasteiger partial charge < -0.3 is 19.8 Å². The Hall–Kier alpha value is -2.79. The van der Waals surface area contributed by atoms with E-state index in [0.717, 1.165) is 23.4 Å². The lowest BCUT2D eigenvalue weighted by Crippen LogP contribution is -2.52. The Morgan fingerprint density at radius 3 is 2.41 bits per heavy atom. The van der Waals surface area contributed by atoms with Crippen LogP contribution in [0.1, 0.15) is 36.6 Å². The smallest absolute Gasteiger partial charge is 0.121 e. The number of aliphatic hydroxyl groups excluding tert-OH is 1. The Labute approximate surface area is 228 Å². The molecule has 1 heterocycles. The Kier molecular flexibility index (Phi) is 8.63. The highest BCUT2D eigenvalue weighted by Gasteiger charge is 2.34. The van der Waals surface area contributed by atoms with E-state index in [2.05, 4.69) is 15.9 Å². The second-order valence-corrected chi connectivity index (χ2v) is 10.5. The molecule has 37 heavy (non-hydrogen) atoms. The van der Waals surface area contributed by atoms with Gasteiger partial charge in [0.25, 0.3) is 0 Å². The summed E-state index contributed by atoms with van der Waals surface area (Å²) in [5.41, 5.74) is 2.24. The summed E-state index contributed by atoms with van der Waals surface area (Å²) >= 11 is 12.9. The summed E-state index contributed by atoms with van der Waals surface area (Å²) in [7, 11) is 0. The average Bonchev–Trinajstić information content (AvgIpc) is 2.89. The first kappa shape index (κ1) is 27.3. The van der Waals surface area contributed by atoms with Crippen LogP contribution in [0.25, 0.3) is 0 Å². The molecule has 4 rings (SSSR count). The van der Waals surface area contributed by atoms with Crippen LogP contribution in [0.15, 0.2) is 66.7 Å². The first-order valence-corrected chi connectivity index (χ1v) is 13.0. The number of hydrogen-bond donors (Lipinski definition) is 2. The molecule has 0 saturated carbocycles. The fourth-order valence-electron chi connectivity index (χ4n) is 4.74. The summed E-state index contributed by atoms with van der Waals surface area (Å²) in [6.45, 7) is 6.06. The SMILES string of the molecule is CC(CO)Oc1ccc(N2CCN(C[C@@](C)(O)c3ccc(C#N)cc3)C[C@H]2c2ccc(Cl)cc2)c(Cl)c1. The molecule has 1 aliphatic heterocycles. The molecule has 0 aromatic heterocycles. The first-order valence-electron chi connectivity index (χ1n) is 12.2. The number of ether oxygens (including phenoxy) is 1. The van der Waals surface area contributed by atoms with Crippen LogP contribution in [0.3, 0.4) is 0 Å². The van der Waals surface area contributed by atoms with E-state index < -0.39 is 5.60 Å². The second-order valence-electron chi connectivity index (χ2n) is 9.68. The van der Waals surface area contributed by atoms with Crippen molar-refractivity contribution in [3.05, 3.63) is 93.5 Å². The second kappa shape index (κ2) is 11.7. The monoisotopic (exact) mass is 539 g/mol. The Balaban J connectivity index is 1.58. The molecule has 0 amide bonds. The van der Waals surface area contributed by atoms with Gasteiger partial charge in [0.1, 0.15) is 11.9 Å². The van der Waals surface area contributed by atoms with Crippen LogP contribution in [0.4, 0.5) is 5.69 Å². The van der Waals surface area contributed by atoms with E-state index in [1.807, 2.05) is 48.5 Å². The zero-order chi connectivity index (χ0) is 26.6. The van der Waals surface area contributed by atoms with Gasteiger partial charge in [0.05, 0.1) is 40.6 Å². The van der Waals surface area contributed by atoms with E-state index in [4.69, 9.17) is 33.2 Å². The largest absolute Gasteiger partial charge is 0.488 e. The number of halogens is 2. The first-order chi connectivity index (χ1) is 17.7. The van der Waals surface area contributed by atoms with Crippen molar-refractivity contribution in [2.45, 2.75) is 31.6 Å². The summed E-state index contributed by atoms with van der Waals surface area (Å²) in [5, 5.41) is 31.0. The maximum atomic E-state index is 11.3. The highest BCUT2D eigenvalue weighted by atomic mass is 35.5. The summed E-state index contributed by atoms with van der Waals surface area (Å²) in [6.07, 6.45) is -0.323. The predicted molar refractivity (Wildman–Crippen MR) is 147 cm³/mol. The maximum Gasteiger partial charge on any atom is 0.121 e. The number of piperazine rings is 1. The van der Waals surface area contributed by atoms with Gasteiger partial charge in [0, 0.05) is 37.3 Å². The van der Waals surface area contributed by atoms with Gasteiger partial charge in [-0.2, -0.15) is 5.26 Å². The average molecular weight is 540 g/mol. The molecular weight excluding hydrogens is 509 g/mol. The zero-order valence-electron chi connectivity index (χ0n) is 20.9. The van der Waals surface area contributed by atoms with Crippen LogP contribution in [0.5, 0.6) is 5.75 Å². The topological polar surface area (TPSA) is 80.0 Å². The normalized spacial score (nSPS) is 18.6. The highest BCUT2D eigenvalue weighted by Crippen LogP contribution is 2.38. The van der Waals surface area contributed by atoms with E-state index in [1.54, 1.807) is 32.0 Å². The molecule has 2 N–H and O–H groups in total. The molecule has 3 atom stereocenters. The molecule has 1 saturated heterocycles. The summed E-state index contributed by atoms with van der Waals surface area (Å²) in [4.78, 5) is 4.53.